The first-order valence-electron chi connectivity index (χ1n) is 9.09. The summed E-state index contributed by atoms with van der Waals surface area (Å²) in [5, 5.41) is 3.65. The van der Waals surface area contributed by atoms with E-state index in [1.165, 1.54) is 51.5 Å². The molecule has 0 aromatic carbocycles. The Bertz CT molecular complexity index is 312. The van der Waals surface area contributed by atoms with Gasteiger partial charge < -0.3 is 10.1 Å². The summed E-state index contributed by atoms with van der Waals surface area (Å²) in [5.74, 6) is 0.784. The van der Waals surface area contributed by atoms with Crippen LogP contribution in [0.15, 0.2) is 0 Å². The maximum absolute atomic E-state index is 6.06. The van der Waals surface area contributed by atoms with Crippen molar-refractivity contribution in [3.8, 4) is 0 Å². The van der Waals surface area contributed by atoms with Crippen LogP contribution < -0.4 is 5.32 Å². The third-order valence-electron chi connectivity index (χ3n) is 5.18. The maximum Gasteiger partial charge on any atom is 0.0579 e. The number of ether oxygens (including phenoxy) is 1. The fourth-order valence-corrected chi connectivity index (χ4v) is 4.18. The molecule has 0 radical (unpaired) electrons. The highest BCUT2D eigenvalue weighted by atomic mass is 16.5. The van der Waals surface area contributed by atoms with Crippen molar-refractivity contribution in [1.82, 2.24) is 5.32 Å². The average Bonchev–Trinajstić information content (AvgIpc) is 2.96. The van der Waals surface area contributed by atoms with Crippen LogP contribution in [0.25, 0.3) is 0 Å². The summed E-state index contributed by atoms with van der Waals surface area (Å²) in [4.78, 5) is 0. The quantitative estimate of drug-likeness (QED) is 0.761. The number of rotatable bonds is 6. The zero-order valence-corrected chi connectivity index (χ0v) is 15.0. The van der Waals surface area contributed by atoms with Gasteiger partial charge in [0.1, 0.15) is 0 Å². The van der Waals surface area contributed by atoms with Gasteiger partial charge in [0.2, 0.25) is 0 Å². The van der Waals surface area contributed by atoms with Crippen molar-refractivity contribution in [2.75, 3.05) is 13.2 Å². The Hall–Kier alpha value is -0.0800. The minimum absolute atomic E-state index is 0.439. The summed E-state index contributed by atoms with van der Waals surface area (Å²) in [6.07, 6.45) is 9.73. The monoisotopic (exact) mass is 295 g/mol. The second-order valence-electron chi connectivity index (χ2n) is 9.52. The molecule has 2 aliphatic rings. The molecule has 2 heterocycles. The van der Waals surface area contributed by atoms with E-state index in [2.05, 4.69) is 39.9 Å². The molecule has 3 unspecified atom stereocenters. The third-order valence-corrected chi connectivity index (χ3v) is 5.18. The highest BCUT2D eigenvalue weighted by Crippen LogP contribution is 2.38. The van der Waals surface area contributed by atoms with Gasteiger partial charge in [0.15, 0.2) is 0 Å². The fourth-order valence-electron chi connectivity index (χ4n) is 4.18. The Morgan fingerprint density at radius 2 is 1.86 bits per heavy atom. The molecule has 2 fully saturated rings. The maximum atomic E-state index is 6.06. The molecule has 21 heavy (non-hydrogen) atoms. The number of hydrogen-bond donors (Lipinski definition) is 1. The second-order valence-corrected chi connectivity index (χ2v) is 9.52. The molecule has 0 saturated carbocycles. The molecule has 0 spiro atoms. The van der Waals surface area contributed by atoms with E-state index in [0.29, 0.717) is 16.9 Å². The smallest absolute Gasteiger partial charge is 0.0579 e. The molecule has 2 rings (SSSR count). The molecule has 2 aliphatic heterocycles. The van der Waals surface area contributed by atoms with Gasteiger partial charge in [0.25, 0.3) is 0 Å². The molecule has 1 N–H and O–H groups in total. The lowest BCUT2D eigenvalue weighted by atomic mass is 9.77. The molecule has 2 nitrogen and oxygen atoms in total. The second kappa shape index (κ2) is 7.00. The normalized spacial score (nSPS) is 31.0. The van der Waals surface area contributed by atoms with Crippen LogP contribution in [0.1, 0.15) is 79.6 Å². The van der Waals surface area contributed by atoms with Gasteiger partial charge in [-0.05, 0) is 68.2 Å². The lowest BCUT2D eigenvalue weighted by molar-refractivity contribution is 0.0870. The van der Waals surface area contributed by atoms with E-state index in [0.717, 1.165) is 18.6 Å². The van der Waals surface area contributed by atoms with Crippen molar-refractivity contribution in [1.29, 1.82) is 0 Å². The molecule has 0 bridgehead atoms. The predicted molar refractivity (Wildman–Crippen MR) is 90.6 cm³/mol. The summed E-state index contributed by atoms with van der Waals surface area (Å²) < 4.78 is 6.06. The Morgan fingerprint density at radius 3 is 2.48 bits per heavy atom. The van der Waals surface area contributed by atoms with Gasteiger partial charge in [0, 0.05) is 12.6 Å². The van der Waals surface area contributed by atoms with Crippen LogP contribution in [0, 0.1) is 16.7 Å². The molecule has 0 aliphatic carbocycles. The van der Waals surface area contributed by atoms with Crippen molar-refractivity contribution in [3.05, 3.63) is 0 Å². The van der Waals surface area contributed by atoms with Gasteiger partial charge in [-0.15, -0.1) is 0 Å². The predicted octanol–water partition coefficient (Wildman–Crippen LogP) is 4.78. The summed E-state index contributed by atoms with van der Waals surface area (Å²) in [6, 6.07) is 0.763. The van der Waals surface area contributed by atoms with Crippen LogP contribution in [-0.2, 0) is 4.74 Å². The van der Waals surface area contributed by atoms with Crippen molar-refractivity contribution >= 4 is 0 Å². The minimum atomic E-state index is 0.439. The van der Waals surface area contributed by atoms with Crippen molar-refractivity contribution in [2.24, 2.45) is 16.7 Å². The van der Waals surface area contributed by atoms with Gasteiger partial charge in [-0.25, -0.2) is 0 Å². The molecule has 0 aromatic heterocycles. The lowest BCUT2D eigenvalue weighted by Crippen LogP contribution is -2.29. The molecular formula is C19H37NO. The highest BCUT2D eigenvalue weighted by Gasteiger charge is 2.33. The topological polar surface area (TPSA) is 21.3 Å². The van der Waals surface area contributed by atoms with Gasteiger partial charge in [0.05, 0.1) is 6.10 Å². The summed E-state index contributed by atoms with van der Waals surface area (Å²) in [6.45, 7) is 14.1. The number of nitrogens with one attached hydrogen (secondary N) is 1. The van der Waals surface area contributed by atoms with Crippen LogP contribution in [0.3, 0.4) is 0 Å². The summed E-state index contributed by atoms with van der Waals surface area (Å²) in [7, 11) is 0. The summed E-state index contributed by atoms with van der Waals surface area (Å²) in [5.41, 5.74) is 0.893. The minimum Gasteiger partial charge on any atom is -0.378 e. The van der Waals surface area contributed by atoms with E-state index in [-0.39, 0.29) is 0 Å². The van der Waals surface area contributed by atoms with E-state index in [1.54, 1.807) is 0 Å². The van der Waals surface area contributed by atoms with Gasteiger partial charge in [-0.2, -0.15) is 0 Å². The van der Waals surface area contributed by atoms with Gasteiger partial charge in [-0.3, -0.25) is 0 Å². The van der Waals surface area contributed by atoms with Crippen LogP contribution >= 0.6 is 0 Å². The van der Waals surface area contributed by atoms with Crippen LogP contribution in [-0.4, -0.2) is 25.3 Å². The fraction of sp³-hybridized carbons (Fsp3) is 1.00. The highest BCUT2D eigenvalue weighted by molar-refractivity contribution is 4.85. The Morgan fingerprint density at radius 1 is 1.10 bits per heavy atom. The van der Waals surface area contributed by atoms with Crippen LogP contribution in [0.2, 0.25) is 0 Å². The molecule has 3 atom stereocenters. The van der Waals surface area contributed by atoms with Crippen LogP contribution in [0.5, 0.6) is 0 Å². The van der Waals surface area contributed by atoms with E-state index in [4.69, 9.17) is 4.74 Å². The van der Waals surface area contributed by atoms with Gasteiger partial charge in [-0.1, -0.05) is 34.6 Å². The zero-order chi connectivity index (χ0) is 15.5. The lowest BCUT2D eigenvalue weighted by Gasteiger charge is -2.30. The van der Waals surface area contributed by atoms with Crippen LogP contribution in [0.4, 0.5) is 0 Å². The first-order valence-corrected chi connectivity index (χ1v) is 9.09. The zero-order valence-electron chi connectivity index (χ0n) is 15.0. The Balaban J connectivity index is 1.71. The number of hydrogen-bond acceptors (Lipinski definition) is 2. The Kier molecular flexibility index (Phi) is 5.76. The van der Waals surface area contributed by atoms with Crippen molar-refractivity contribution in [2.45, 2.75) is 91.7 Å². The van der Waals surface area contributed by atoms with E-state index in [9.17, 15) is 0 Å². The average molecular weight is 296 g/mol. The molecular weight excluding hydrogens is 258 g/mol. The van der Waals surface area contributed by atoms with E-state index in [1.807, 2.05) is 0 Å². The molecule has 2 saturated heterocycles. The molecule has 0 aromatic rings. The first-order chi connectivity index (χ1) is 9.73. The third kappa shape index (κ3) is 6.28. The standard InChI is InChI=1S/C19H37NO/c1-18(2,3)9-8-17-11-15(14-21-17)12-19(4,5)13-16-7-6-10-20-16/h15-17,20H,6-14H2,1-5H3. The van der Waals surface area contributed by atoms with E-state index >= 15 is 0 Å². The Labute approximate surface area is 132 Å². The van der Waals surface area contributed by atoms with Crippen molar-refractivity contribution < 1.29 is 4.74 Å². The van der Waals surface area contributed by atoms with Gasteiger partial charge >= 0.3 is 0 Å². The molecule has 0 amide bonds. The molecule has 124 valence electrons. The first kappa shape index (κ1) is 17.3. The largest absolute Gasteiger partial charge is 0.378 e. The van der Waals surface area contributed by atoms with E-state index < -0.39 is 0 Å². The van der Waals surface area contributed by atoms with Crippen molar-refractivity contribution in [3.63, 3.8) is 0 Å². The SMILES string of the molecule is CC(C)(C)CCC1CC(CC(C)(C)CC2CCCN2)CO1. The molecule has 2 heteroatoms. The summed E-state index contributed by atoms with van der Waals surface area (Å²) >= 11 is 0.